The Kier molecular flexibility index (Phi) is 6.79. The van der Waals surface area contributed by atoms with Crippen molar-refractivity contribution in [1.82, 2.24) is 0 Å². The largest absolute Gasteiger partial charge is 0.493 e. The average Bonchev–Trinajstić information content (AvgIpc) is 3.05. The Labute approximate surface area is 205 Å². The molecule has 0 fully saturated rings. The number of methoxy groups -OCH3 is 1. The van der Waals surface area contributed by atoms with Gasteiger partial charge in [0.25, 0.3) is 5.91 Å². The number of halogens is 3. The normalized spacial score (nSPS) is 14.1. The van der Waals surface area contributed by atoms with Crippen LogP contribution in [0, 0.1) is 0 Å². The van der Waals surface area contributed by atoms with Gasteiger partial charge < -0.3 is 14.4 Å². The lowest BCUT2D eigenvalue weighted by atomic mass is 10.0. The quantitative estimate of drug-likeness (QED) is 0.314. The smallest absolute Gasteiger partial charge is 0.258 e. The van der Waals surface area contributed by atoms with Gasteiger partial charge in [0, 0.05) is 37.8 Å². The molecule has 1 heterocycles. The van der Waals surface area contributed by atoms with Crippen LogP contribution in [0.5, 0.6) is 11.5 Å². The average molecular weight is 533 g/mol. The predicted molar refractivity (Wildman–Crippen MR) is 134 cm³/mol. The standard InChI is InChI=1S/C25H20BrCl2NO3/c1-3-29-22-7-5-4-6-18(22)19(25(29)30)10-16-11-23(31-2)24(13-20(16)26)32-14-15-8-9-17(27)12-21(15)28/h4-13H,3,14H2,1-2H3/b19-10-. The van der Waals surface area contributed by atoms with Crippen LogP contribution in [-0.2, 0) is 11.4 Å². The lowest BCUT2D eigenvalue weighted by molar-refractivity contribution is -0.112. The van der Waals surface area contributed by atoms with Crippen LogP contribution in [0.15, 0.2) is 59.1 Å². The summed E-state index contributed by atoms with van der Waals surface area (Å²) in [5, 5.41) is 1.11. The lowest BCUT2D eigenvalue weighted by Gasteiger charge is -2.14. The molecule has 164 valence electrons. The number of hydrogen-bond acceptors (Lipinski definition) is 3. The highest BCUT2D eigenvalue weighted by atomic mass is 79.9. The first-order chi connectivity index (χ1) is 15.4. The van der Waals surface area contributed by atoms with Crippen molar-refractivity contribution in [3.63, 3.8) is 0 Å². The molecule has 1 aliphatic rings. The van der Waals surface area contributed by atoms with Crippen LogP contribution in [0.25, 0.3) is 11.6 Å². The molecule has 4 rings (SSSR count). The fourth-order valence-electron chi connectivity index (χ4n) is 3.64. The number of rotatable bonds is 6. The van der Waals surface area contributed by atoms with Crippen molar-refractivity contribution in [2.24, 2.45) is 0 Å². The molecule has 1 aliphatic heterocycles. The molecule has 0 atom stereocenters. The van der Waals surface area contributed by atoms with E-state index in [-0.39, 0.29) is 12.5 Å². The van der Waals surface area contributed by atoms with Crippen molar-refractivity contribution in [3.8, 4) is 11.5 Å². The van der Waals surface area contributed by atoms with E-state index in [1.54, 1.807) is 24.1 Å². The van der Waals surface area contributed by atoms with Crippen molar-refractivity contribution in [3.05, 3.63) is 85.8 Å². The maximum atomic E-state index is 13.0. The molecular weight excluding hydrogens is 513 g/mol. The summed E-state index contributed by atoms with van der Waals surface area (Å²) >= 11 is 15.8. The molecule has 0 saturated heterocycles. The van der Waals surface area contributed by atoms with Gasteiger partial charge in [0.15, 0.2) is 11.5 Å². The molecule has 0 spiro atoms. The van der Waals surface area contributed by atoms with Gasteiger partial charge in [-0.05, 0) is 48.9 Å². The zero-order valence-corrected chi connectivity index (χ0v) is 20.6. The van der Waals surface area contributed by atoms with E-state index in [2.05, 4.69) is 15.9 Å². The van der Waals surface area contributed by atoms with Gasteiger partial charge in [-0.15, -0.1) is 0 Å². The lowest BCUT2D eigenvalue weighted by Crippen LogP contribution is -2.25. The third-order valence-corrected chi connectivity index (χ3v) is 6.53. The van der Waals surface area contributed by atoms with E-state index in [0.717, 1.165) is 26.9 Å². The first-order valence-corrected chi connectivity index (χ1v) is 11.5. The Bertz CT molecular complexity index is 1230. The number of carbonyl (C=O) groups is 1. The molecule has 3 aromatic carbocycles. The second kappa shape index (κ2) is 9.57. The van der Waals surface area contributed by atoms with Gasteiger partial charge >= 0.3 is 0 Å². The maximum Gasteiger partial charge on any atom is 0.258 e. The van der Waals surface area contributed by atoms with E-state index in [1.807, 2.05) is 55.5 Å². The summed E-state index contributed by atoms with van der Waals surface area (Å²) in [6.45, 7) is 2.84. The van der Waals surface area contributed by atoms with Crippen molar-refractivity contribution in [1.29, 1.82) is 0 Å². The van der Waals surface area contributed by atoms with Gasteiger partial charge in [0.05, 0.1) is 12.8 Å². The molecule has 0 bridgehead atoms. The number of ether oxygens (including phenoxy) is 2. The van der Waals surface area contributed by atoms with Gasteiger partial charge in [0.2, 0.25) is 0 Å². The zero-order chi connectivity index (χ0) is 22.8. The van der Waals surface area contributed by atoms with Crippen LogP contribution in [-0.4, -0.2) is 19.6 Å². The van der Waals surface area contributed by atoms with Crippen molar-refractivity contribution >= 4 is 62.4 Å². The fourth-order valence-corrected chi connectivity index (χ4v) is 4.54. The first-order valence-electron chi connectivity index (χ1n) is 10.00. The zero-order valence-electron chi connectivity index (χ0n) is 17.5. The minimum absolute atomic E-state index is 0.0164. The molecule has 0 saturated carbocycles. The Balaban J connectivity index is 1.66. The summed E-state index contributed by atoms with van der Waals surface area (Å²) < 4.78 is 12.3. The van der Waals surface area contributed by atoms with Crippen LogP contribution >= 0.6 is 39.1 Å². The molecule has 0 aliphatic carbocycles. The minimum Gasteiger partial charge on any atom is -0.493 e. The highest BCUT2D eigenvalue weighted by Crippen LogP contribution is 2.40. The SMILES string of the molecule is CCN1C(=O)/C(=C\c2cc(OC)c(OCc3ccc(Cl)cc3Cl)cc2Br)c2ccccc21. The number of amides is 1. The number of likely N-dealkylation sites (N-methyl/N-ethyl adjacent to an activating group) is 1. The molecule has 0 radical (unpaired) electrons. The van der Waals surface area contributed by atoms with Crippen LogP contribution in [0.4, 0.5) is 5.69 Å². The highest BCUT2D eigenvalue weighted by Gasteiger charge is 2.31. The summed E-state index contributed by atoms with van der Waals surface area (Å²) in [5.74, 6) is 1.09. The molecule has 0 aromatic heterocycles. The van der Waals surface area contributed by atoms with Gasteiger partial charge in [0.1, 0.15) is 6.61 Å². The molecule has 1 amide bonds. The highest BCUT2D eigenvalue weighted by molar-refractivity contribution is 9.10. The van der Waals surface area contributed by atoms with Crippen molar-refractivity contribution in [2.75, 3.05) is 18.6 Å². The van der Waals surface area contributed by atoms with Gasteiger partial charge in [-0.1, -0.05) is 63.4 Å². The Morgan fingerprint density at radius 1 is 1.06 bits per heavy atom. The van der Waals surface area contributed by atoms with Crippen molar-refractivity contribution < 1.29 is 14.3 Å². The summed E-state index contributed by atoms with van der Waals surface area (Å²) in [4.78, 5) is 14.8. The summed E-state index contributed by atoms with van der Waals surface area (Å²) in [5.41, 5.74) is 4.12. The number of anilines is 1. The topological polar surface area (TPSA) is 38.8 Å². The van der Waals surface area contributed by atoms with Crippen LogP contribution in [0.2, 0.25) is 10.0 Å². The van der Waals surface area contributed by atoms with E-state index < -0.39 is 0 Å². The molecule has 0 unspecified atom stereocenters. The summed E-state index contributed by atoms with van der Waals surface area (Å²) in [6, 6.07) is 16.8. The molecule has 7 heteroatoms. The molecular formula is C25H20BrCl2NO3. The third-order valence-electron chi connectivity index (χ3n) is 5.26. The second-order valence-electron chi connectivity index (χ2n) is 7.17. The minimum atomic E-state index is -0.0164. The number of benzene rings is 3. The number of nitrogens with zero attached hydrogens (tertiary/aromatic N) is 1. The monoisotopic (exact) mass is 531 g/mol. The van der Waals surface area contributed by atoms with E-state index in [1.165, 1.54) is 0 Å². The Morgan fingerprint density at radius 2 is 1.84 bits per heavy atom. The van der Waals surface area contributed by atoms with E-state index in [9.17, 15) is 4.79 Å². The number of carbonyl (C=O) groups excluding carboxylic acids is 1. The molecule has 32 heavy (non-hydrogen) atoms. The van der Waals surface area contributed by atoms with Gasteiger partial charge in [-0.25, -0.2) is 0 Å². The van der Waals surface area contributed by atoms with Gasteiger partial charge in [-0.2, -0.15) is 0 Å². The number of hydrogen-bond donors (Lipinski definition) is 0. The first kappa shape index (κ1) is 22.7. The second-order valence-corrected chi connectivity index (χ2v) is 8.87. The Morgan fingerprint density at radius 3 is 2.56 bits per heavy atom. The van der Waals surface area contributed by atoms with E-state index >= 15 is 0 Å². The fraction of sp³-hybridized carbons (Fsp3) is 0.160. The van der Waals surface area contributed by atoms with E-state index in [0.29, 0.717) is 33.7 Å². The number of para-hydroxylation sites is 1. The predicted octanol–water partition coefficient (Wildman–Crippen LogP) is 7.25. The van der Waals surface area contributed by atoms with Crippen LogP contribution in [0.3, 0.4) is 0 Å². The van der Waals surface area contributed by atoms with Crippen molar-refractivity contribution in [2.45, 2.75) is 13.5 Å². The molecule has 4 nitrogen and oxygen atoms in total. The third kappa shape index (κ3) is 4.38. The Hall–Kier alpha value is -2.47. The van der Waals surface area contributed by atoms with Crippen LogP contribution < -0.4 is 14.4 Å². The number of fused-ring (bicyclic) bond motifs is 1. The summed E-state index contributed by atoms with van der Waals surface area (Å²) in [7, 11) is 1.58. The van der Waals surface area contributed by atoms with Crippen LogP contribution in [0.1, 0.15) is 23.6 Å². The molecule has 3 aromatic rings. The van der Waals surface area contributed by atoms with Gasteiger partial charge in [-0.3, -0.25) is 4.79 Å². The summed E-state index contributed by atoms with van der Waals surface area (Å²) in [6.07, 6.45) is 1.88. The van der Waals surface area contributed by atoms with E-state index in [4.69, 9.17) is 32.7 Å². The maximum absolute atomic E-state index is 13.0. The molecule has 0 N–H and O–H groups in total.